The third-order valence-electron chi connectivity index (χ3n) is 5.52. The van der Waals surface area contributed by atoms with Gasteiger partial charge in [0.1, 0.15) is 12.4 Å². The number of hydrogen-bond donors (Lipinski definition) is 0. The largest absolute Gasteiger partial charge is 0.375 e. The predicted octanol–water partition coefficient (Wildman–Crippen LogP) is 1.53. The minimum Gasteiger partial charge on any atom is -0.375 e. The van der Waals surface area contributed by atoms with Gasteiger partial charge < -0.3 is 14.5 Å². The van der Waals surface area contributed by atoms with Gasteiger partial charge in [0, 0.05) is 44.8 Å². The third kappa shape index (κ3) is 3.35. The Labute approximate surface area is 162 Å². The highest BCUT2D eigenvalue weighted by atomic mass is 19.1. The molecule has 28 heavy (non-hydrogen) atoms. The van der Waals surface area contributed by atoms with E-state index in [4.69, 9.17) is 4.74 Å². The molecule has 1 aromatic carbocycles. The highest BCUT2D eigenvalue weighted by molar-refractivity contribution is 5.92. The number of fused-ring (bicyclic) bond motifs is 1. The lowest BCUT2D eigenvalue weighted by molar-refractivity contribution is -0.136. The van der Waals surface area contributed by atoms with E-state index in [-0.39, 0.29) is 42.1 Å². The lowest BCUT2D eigenvalue weighted by Gasteiger charge is -2.30. The molecule has 0 spiro atoms. The van der Waals surface area contributed by atoms with Gasteiger partial charge in [0.25, 0.3) is 5.91 Å². The average Bonchev–Trinajstić information content (AvgIpc) is 3.26. The van der Waals surface area contributed by atoms with E-state index in [1.165, 1.54) is 25.4 Å². The predicted molar refractivity (Wildman–Crippen MR) is 97.6 cm³/mol. The highest BCUT2D eigenvalue weighted by Crippen LogP contribution is 2.45. The van der Waals surface area contributed by atoms with Crippen LogP contribution in [0, 0.1) is 17.7 Å². The molecule has 0 radical (unpaired) electrons. The van der Waals surface area contributed by atoms with Crippen LogP contribution in [0.1, 0.15) is 22.1 Å². The molecule has 0 unspecified atom stereocenters. The molecular weight excluding hydrogens is 363 g/mol. The number of hydrogen-bond acceptors (Lipinski definition) is 5. The molecule has 2 fully saturated rings. The maximum absolute atomic E-state index is 13.9. The fourth-order valence-corrected chi connectivity index (χ4v) is 4.37. The highest BCUT2D eigenvalue weighted by Gasteiger charge is 2.50. The van der Waals surface area contributed by atoms with E-state index < -0.39 is 0 Å². The second-order valence-electron chi connectivity index (χ2n) is 7.22. The molecule has 2 aromatic rings. The van der Waals surface area contributed by atoms with Crippen LogP contribution < -0.4 is 0 Å². The van der Waals surface area contributed by atoms with Crippen molar-refractivity contribution in [2.75, 3.05) is 33.4 Å². The number of aromatic nitrogens is 2. The molecule has 0 bridgehead atoms. The van der Waals surface area contributed by atoms with Crippen molar-refractivity contribution in [2.45, 2.75) is 6.04 Å². The first kappa shape index (κ1) is 18.5. The zero-order valence-corrected chi connectivity index (χ0v) is 15.5. The van der Waals surface area contributed by atoms with E-state index in [0.717, 1.165) is 5.56 Å². The maximum Gasteiger partial charge on any atom is 0.274 e. The molecular formula is C20H21FN4O3. The molecule has 0 N–H and O–H groups in total. The van der Waals surface area contributed by atoms with Gasteiger partial charge in [0.05, 0.1) is 6.04 Å². The molecule has 2 aliphatic rings. The minimum absolute atomic E-state index is 0.0203. The van der Waals surface area contributed by atoms with E-state index in [9.17, 15) is 14.0 Å². The molecule has 146 valence electrons. The Balaban J connectivity index is 1.60. The van der Waals surface area contributed by atoms with Gasteiger partial charge in [-0.2, -0.15) is 5.10 Å². The summed E-state index contributed by atoms with van der Waals surface area (Å²) < 4.78 is 18.9. The standard InChI is InChI=1S/C20H21FN4O3/c1-28-12-18(26)25-10-14-9-24(20(27)17-6-3-7-22-23-17)11-16(14)19(25)13-4-2-5-15(21)8-13/h2-8,14,16,19H,9-12H2,1H3/t14-,16-,19+/m1/s1. The summed E-state index contributed by atoms with van der Waals surface area (Å²) >= 11 is 0. The number of nitrogens with zero attached hydrogens (tertiary/aromatic N) is 4. The van der Waals surface area contributed by atoms with Crippen LogP contribution in [0.25, 0.3) is 0 Å². The number of benzene rings is 1. The molecule has 3 heterocycles. The van der Waals surface area contributed by atoms with Gasteiger partial charge >= 0.3 is 0 Å². The van der Waals surface area contributed by atoms with Crippen LogP contribution in [0.15, 0.2) is 42.6 Å². The summed E-state index contributed by atoms with van der Waals surface area (Å²) in [4.78, 5) is 28.9. The van der Waals surface area contributed by atoms with Crippen molar-refractivity contribution < 1.29 is 18.7 Å². The van der Waals surface area contributed by atoms with Crippen molar-refractivity contribution in [1.82, 2.24) is 20.0 Å². The Bertz CT molecular complexity index is 879. The second kappa shape index (κ2) is 7.63. The number of likely N-dealkylation sites (tertiary alicyclic amines) is 2. The summed E-state index contributed by atoms with van der Waals surface area (Å²) in [5.41, 5.74) is 1.04. The number of amides is 2. The topological polar surface area (TPSA) is 75.6 Å². The summed E-state index contributed by atoms with van der Waals surface area (Å²) in [5, 5.41) is 7.67. The Morgan fingerprint density at radius 1 is 1.21 bits per heavy atom. The molecule has 2 saturated heterocycles. The quantitative estimate of drug-likeness (QED) is 0.799. The van der Waals surface area contributed by atoms with E-state index >= 15 is 0 Å². The number of ether oxygens (including phenoxy) is 1. The van der Waals surface area contributed by atoms with E-state index in [1.54, 1.807) is 28.0 Å². The zero-order valence-electron chi connectivity index (χ0n) is 15.5. The second-order valence-corrected chi connectivity index (χ2v) is 7.22. The average molecular weight is 384 g/mol. The van der Waals surface area contributed by atoms with Crippen LogP contribution in [0.3, 0.4) is 0 Å². The first-order chi connectivity index (χ1) is 13.6. The summed E-state index contributed by atoms with van der Waals surface area (Å²) in [7, 11) is 1.48. The van der Waals surface area contributed by atoms with E-state index in [0.29, 0.717) is 25.3 Å². The molecule has 1 aromatic heterocycles. The molecule has 2 amide bonds. The number of halogens is 1. The molecule has 0 aliphatic carbocycles. The third-order valence-corrected chi connectivity index (χ3v) is 5.52. The lowest BCUT2D eigenvalue weighted by atomic mass is 9.89. The molecule has 2 aliphatic heterocycles. The van der Waals surface area contributed by atoms with Crippen molar-refractivity contribution in [3.63, 3.8) is 0 Å². The molecule has 4 rings (SSSR count). The van der Waals surface area contributed by atoms with Crippen molar-refractivity contribution in [3.8, 4) is 0 Å². The van der Waals surface area contributed by atoms with E-state index in [1.807, 2.05) is 6.07 Å². The fourth-order valence-electron chi connectivity index (χ4n) is 4.37. The van der Waals surface area contributed by atoms with Gasteiger partial charge in [-0.3, -0.25) is 9.59 Å². The number of carbonyl (C=O) groups excluding carboxylic acids is 2. The monoisotopic (exact) mass is 384 g/mol. The maximum atomic E-state index is 13.9. The van der Waals surface area contributed by atoms with Crippen LogP contribution in [-0.4, -0.2) is 65.2 Å². The molecule has 3 atom stereocenters. The first-order valence-electron chi connectivity index (χ1n) is 9.19. The van der Waals surface area contributed by atoms with Crippen molar-refractivity contribution >= 4 is 11.8 Å². The van der Waals surface area contributed by atoms with Gasteiger partial charge in [-0.1, -0.05) is 12.1 Å². The van der Waals surface area contributed by atoms with Crippen LogP contribution in [0.5, 0.6) is 0 Å². The van der Waals surface area contributed by atoms with Gasteiger partial charge in [-0.25, -0.2) is 4.39 Å². The van der Waals surface area contributed by atoms with Gasteiger partial charge in [0.15, 0.2) is 5.69 Å². The minimum atomic E-state index is -0.342. The smallest absolute Gasteiger partial charge is 0.274 e. The lowest BCUT2D eigenvalue weighted by Crippen LogP contribution is -2.39. The molecule has 8 heteroatoms. The Morgan fingerprint density at radius 2 is 2.07 bits per heavy atom. The Kier molecular flexibility index (Phi) is 5.04. The van der Waals surface area contributed by atoms with Crippen molar-refractivity contribution in [3.05, 3.63) is 59.7 Å². The van der Waals surface area contributed by atoms with Gasteiger partial charge in [0.2, 0.25) is 5.91 Å². The normalized spacial score (nSPS) is 23.7. The van der Waals surface area contributed by atoms with Crippen molar-refractivity contribution in [2.24, 2.45) is 11.8 Å². The summed E-state index contributed by atoms with van der Waals surface area (Å²) in [5.74, 6) is -0.489. The first-order valence-corrected chi connectivity index (χ1v) is 9.19. The summed E-state index contributed by atoms with van der Waals surface area (Å²) in [6, 6.07) is 9.36. The summed E-state index contributed by atoms with van der Waals surface area (Å²) in [6.45, 7) is 1.51. The molecule has 0 saturated carbocycles. The number of carbonyl (C=O) groups is 2. The Morgan fingerprint density at radius 3 is 2.79 bits per heavy atom. The van der Waals surface area contributed by atoms with Gasteiger partial charge in [-0.15, -0.1) is 5.10 Å². The fraction of sp³-hybridized carbons (Fsp3) is 0.400. The zero-order chi connectivity index (χ0) is 19.7. The SMILES string of the molecule is COCC(=O)N1C[C@H]2CN(C(=O)c3cccnn3)C[C@H]2[C@@H]1c1cccc(F)c1. The van der Waals surface area contributed by atoms with Crippen LogP contribution in [-0.2, 0) is 9.53 Å². The van der Waals surface area contributed by atoms with Crippen LogP contribution in [0.2, 0.25) is 0 Å². The van der Waals surface area contributed by atoms with Crippen molar-refractivity contribution in [1.29, 1.82) is 0 Å². The number of rotatable bonds is 4. The Hall–Kier alpha value is -2.87. The van der Waals surface area contributed by atoms with Crippen LogP contribution in [0.4, 0.5) is 4.39 Å². The van der Waals surface area contributed by atoms with E-state index in [2.05, 4.69) is 10.2 Å². The van der Waals surface area contributed by atoms with Crippen LogP contribution >= 0.6 is 0 Å². The molecule has 7 nitrogen and oxygen atoms in total. The number of methoxy groups -OCH3 is 1. The summed E-state index contributed by atoms with van der Waals surface area (Å²) in [6.07, 6.45) is 1.52. The van der Waals surface area contributed by atoms with Gasteiger partial charge in [-0.05, 0) is 29.8 Å².